The number of nitrogens with zero attached hydrogens (tertiary/aromatic N) is 1. The molecule has 3 N–H and O–H groups in total. The number of ether oxygens (including phenoxy) is 1. The van der Waals surface area contributed by atoms with Gasteiger partial charge in [-0.15, -0.1) is 0 Å². The van der Waals surface area contributed by atoms with Crippen LogP contribution in [0.5, 0.6) is 0 Å². The van der Waals surface area contributed by atoms with Crippen molar-refractivity contribution < 1.29 is 18.7 Å². The van der Waals surface area contributed by atoms with Gasteiger partial charge >= 0.3 is 0 Å². The van der Waals surface area contributed by atoms with Crippen LogP contribution in [-0.4, -0.2) is 47.5 Å². The van der Waals surface area contributed by atoms with Crippen LogP contribution in [0.1, 0.15) is 23.3 Å². The SMILES string of the molecule is COCC1(C(N)=O)CCCN1C(=O)c1cc(F)c[nH]1. The molecule has 1 saturated heterocycles. The van der Waals surface area contributed by atoms with Gasteiger partial charge in [-0.25, -0.2) is 4.39 Å². The predicted molar refractivity (Wildman–Crippen MR) is 64.8 cm³/mol. The lowest BCUT2D eigenvalue weighted by atomic mass is 9.96. The molecular weight excluding hydrogens is 253 g/mol. The highest BCUT2D eigenvalue weighted by Gasteiger charge is 2.49. The van der Waals surface area contributed by atoms with Gasteiger partial charge in [0.1, 0.15) is 17.1 Å². The molecule has 0 radical (unpaired) electrons. The Morgan fingerprint density at radius 2 is 2.37 bits per heavy atom. The van der Waals surface area contributed by atoms with Gasteiger partial charge in [0.05, 0.1) is 6.61 Å². The van der Waals surface area contributed by atoms with Crippen LogP contribution in [0.15, 0.2) is 12.3 Å². The molecule has 1 fully saturated rings. The Kier molecular flexibility index (Phi) is 3.57. The number of primary amides is 1. The lowest BCUT2D eigenvalue weighted by molar-refractivity contribution is -0.130. The summed E-state index contributed by atoms with van der Waals surface area (Å²) in [5.74, 6) is -1.58. The normalized spacial score (nSPS) is 22.7. The molecule has 1 atom stereocenters. The number of hydrogen-bond acceptors (Lipinski definition) is 3. The number of hydrogen-bond donors (Lipinski definition) is 2. The third kappa shape index (κ3) is 2.21. The van der Waals surface area contributed by atoms with Crippen LogP contribution >= 0.6 is 0 Å². The average molecular weight is 269 g/mol. The Bertz CT molecular complexity index is 502. The summed E-state index contributed by atoms with van der Waals surface area (Å²) < 4.78 is 18.0. The van der Waals surface area contributed by atoms with Gasteiger partial charge in [-0.1, -0.05) is 0 Å². The van der Waals surface area contributed by atoms with Crippen molar-refractivity contribution in [1.82, 2.24) is 9.88 Å². The first-order valence-corrected chi connectivity index (χ1v) is 5.96. The maximum absolute atomic E-state index is 13.0. The summed E-state index contributed by atoms with van der Waals surface area (Å²) in [7, 11) is 1.44. The fourth-order valence-corrected chi connectivity index (χ4v) is 2.53. The highest BCUT2D eigenvalue weighted by atomic mass is 19.1. The number of amides is 2. The van der Waals surface area contributed by atoms with E-state index >= 15 is 0 Å². The smallest absolute Gasteiger partial charge is 0.271 e. The molecule has 2 rings (SSSR count). The molecule has 1 aromatic heterocycles. The minimum atomic E-state index is -1.15. The molecule has 0 spiro atoms. The van der Waals surface area contributed by atoms with Crippen molar-refractivity contribution in [3.05, 3.63) is 23.8 Å². The van der Waals surface area contributed by atoms with Crippen molar-refractivity contribution in [1.29, 1.82) is 0 Å². The second-order valence-electron chi connectivity index (χ2n) is 4.62. The Morgan fingerprint density at radius 1 is 1.63 bits per heavy atom. The van der Waals surface area contributed by atoms with Crippen LogP contribution < -0.4 is 5.73 Å². The van der Waals surface area contributed by atoms with Crippen LogP contribution in [0.2, 0.25) is 0 Å². The van der Waals surface area contributed by atoms with Gasteiger partial charge in [0.15, 0.2) is 0 Å². The molecule has 7 heteroatoms. The van der Waals surface area contributed by atoms with E-state index in [2.05, 4.69) is 4.98 Å². The number of halogens is 1. The molecule has 104 valence electrons. The van der Waals surface area contributed by atoms with E-state index in [0.717, 1.165) is 12.3 Å². The second-order valence-corrected chi connectivity index (χ2v) is 4.62. The van der Waals surface area contributed by atoms with Gasteiger partial charge in [-0.05, 0) is 12.8 Å². The molecule has 1 aliphatic heterocycles. The van der Waals surface area contributed by atoms with Crippen LogP contribution in [0, 0.1) is 5.82 Å². The molecule has 2 amide bonds. The van der Waals surface area contributed by atoms with Crippen LogP contribution in [0.4, 0.5) is 4.39 Å². The van der Waals surface area contributed by atoms with E-state index in [1.807, 2.05) is 0 Å². The molecule has 1 aliphatic rings. The highest BCUT2D eigenvalue weighted by Crippen LogP contribution is 2.31. The number of methoxy groups -OCH3 is 1. The van der Waals surface area contributed by atoms with Crippen molar-refractivity contribution in [3.8, 4) is 0 Å². The van der Waals surface area contributed by atoms with Crippen molar-refractivity contribution in [2.24, 2.45) is 5.73 Å². The van der Waals surface area contributed by atoms with Crippen molar-refractivity contribution in [2.45, 2.75) is 18.4 Å². The molecule has 1 unspecified atom stereocenters. The number of likely N-dealkylation sites (tertiary alicyclic amines) is 1. The van der Waals surface area contributed by atoms with E-state index < -0.39 is 23.2 Å². The standard InChI is InChI=1S/C12H16FN3O3/c1-19-7-12(11(14)18)3-2-4-16(12)10(17)9-5-8(13)6-15-9/h5-6,15H,2-4,7H2,1H3,(H2,14,18). The number of rotatable bonds is 4. The van der Waals surface area contributed by atoms with Crippen molar-refractivity contribution in [2.75, 3.05) is 20.3 Å². The molecule has 2 heterocycles. The number of H-pyrrole nitrogens is 1. The van der Waals surface area contributed by atoms with E-state index in [4.69, 9.17) is 10.5 Å². The molecule has 0 aromatic carbocycles. The summed E-state index contributed by atoms with van der Waals surface area (Å²) in [6.45, 7) is 0.434. The first-order valence-electron chi connectivity index (χ1n) is 5.96. The Hall–Kier alpha value is -1.89. The Balaban J connectivity index is 2.31. The van der Waals surface area contributed by atoms with Crippen molar-refractivity contribution >= 4 is 11.8 Å². The molecule has 0 saturated carbocycles. The zero-order valence-electron chi connectivity index (χ0n) is 10.6. The van der Waals surface area contributed by atoms with Gasteiger partial charge in [-0.2, -0.15) is 0 Å². The van der Waals surface area contributed by atoms with Crippen LogP contribution in [0.3, 0.4) is 0 Å². The summed E-state index contributed by atoms with van der Waals surface area (Å²) >= 11 is 0. The molecule has 6 nitrogen and oxygen atoms in total. The van der Waals surface area contributed by atoms with Gasteiger partial charge in [0.25, 0.3) is 5.91 Å². The lowest BCUT2D eigenvalue weighted by Crippen LogP contribution is -2.58. The summed E-state index contributed by atoms with van der Waals surface area (Å²) in [4.78, 5) is 28.0. The van der Waals surface area contributed by atoms with Crippen LogP contribution in [-0.2, 0) is 9.53 Å². The number of nitrogens with one attached hydrogen (secondary N) is 1. The summed E-state index contributed by atoms with van der Waals surface area (Å²) in [5.41, 5.74) is 4.39. The monoisotopic (exact) mass is 269 g/mol. The largest absolute Gasteiger partial charge is 0.382 e. The first-order chi connectivity index (χ1) is 9.01. The molecule has 19 heavy (non-hydrogen) atoms. The summed E-state index contributed by atoms with van der Waals surface area (Å²) in [6, 6.07) is 1.10. The maximum Gasteiger partial charge on any atom is 0.271 e. The average Bonchev–Trinajstić information content (AvgIpc) is 2.96. The quantitative estimate of drug-likeness (QED) is 0.821. The number of nitrogens with two attached hydrogens (primary N) is 1. The van der Waals surface area contributed by atoms with Gasteiger partial charge in [0.2, 0.25) is 5.91 Å². The number of carbonyl (C=O) groups excluding carboxylic acids is 2. The number of aromatic nitrogens is 1. The third-order valence-electron chi connectivity index (χ3n) is 3.45. The van der Waals surface area contributed by atoms with E-state index in [1.165, 1.54) is 12.0 Å². The topological polar surface area (TPSA) is 88.4 Å². The van der Waals surface area contributed by atoms with Crippen LogP contribution in [0.25, 0.3) is 0 Å². The number of carbonyl (C=O) groups is 2. The summed E-state index contributed by atoms with van der Waals surface area (Å²) in [6.07, 6.45) is 2.19. The highest BCUT2D eigenvalue weighted by molar-refractivity contribution is 5.98. The minimum Gasteiger partial charge on any atom is -0.382 e. The van der Waals surface area contributed by atoms with Gasteiger partial charge in [0, 0.05) is 25.9 Å². The maximum atomic E-state index is 13.0. The summed E-state index contributed by atoms with van der Waals surface area (Å²) in [5, 5.41) is 0. The van der Waals surface area contributed by atoms with E-state index in [-0.39, 0.29) is 12.3 Å². The second kappa shape index (κ2) is 5.00. The number of aromatic amines is 1. The van der Waals surface area contributed by atoms with E-state index in [9.17, 15) is 14.0 Å². The zero-order valence-corrected chi connectivity index (χ0v) is 10.6. The fraction of sp³-hybridized carbons (Fsp3) is 0.500. The van der Waals surface area contributed by atoms with E-state index in [0.29, 0.717) is 19.4 Å². The predicted octanol–water partition coefficient (Wildman–Crippen LogP) is 0.260. The molecule has 0 bridgehead atoms. The van der Waals surface area contributed by atoms with Crippen molar-refractivity contribution in [3.63, 3.8) is 0 Å². The fourth-order valence-electron chi connectivity index (χ4n) is 2.53. The lowest BCUT2D eigenvalue weighted by Gasteiger charge is -2.34. The van der Waals surface area contributed by atoms with E-state index in [1.54, 1.807) is 0 Å². The first kappa shape index (κ1) is 13.5. The molecular formula is C12H16FN3O3. The third-order valence-corrected chi connectivity index (χ3v) is 3.45. The van der Waals surface area contributed by atoms with Gasteiger partial charge < -0.3 is 20.4 Å². The minimum absolute atomic E-state index is 0.0390. The van der Waals surface area contributed by atoms with Gasteiger partial charge in [-0.3, -0.25) is 9.59 Å². The molecule has 0 aliphatic carbocycles. The zero-order chi connectivity index (χ0) is 14.0. The molecule has 1 aromatic rings. The Morgan fingerprint density at radius 3 is 2.89 bits per heavy atom. The Labute approximate surface area is 109 Å².